The first kappa shape index (κ1) is 21.4. The van der Waals surface area contributed by atoms with Crippen molar-refractivity contribution in [2.45, 2.75) is 12.8 Å². The summed E-state index contributed by atoms with van der Waals surface area (Å²) in [5.74, 6) is 0.157. The van der Waals surface area contributed by atoms with E-state index in [0.717, 1.165) is 17.1 Å². The summed E-state index contributed by atoms with van der Waals surface area (Å²) in [5.41, 5.74) is 2.40. The molecule has 2 heterocycles. The van der Waals surface area contributed by atoms with Gasteiger partial charge < -0.3 is 15.1 Å². The summed E-state index contributed by atoms with van der Waals surface area (Å²) in [5, 5.41) is 2.68. The van der Waals surface area contributed by atoms with Crippen molar-refractivity contribution in [3.05, 3.63) is 72.8 Å². The van der Waals surface area contributed by atoms with Crippen molar-refractivity contribution >= 4 is 23.3 Å². The van der Waals surface area contributed by atoms with E-state index < -0.39 is 0 Å². The van der Waals surface area contributed by atoms with Crippen molar-refractivity contribution in [2.24, 2.45) is 0 Å². The van der Waals surface area contributed by atoms with Crippen LogP contribution < -0.4 is 10.2 Å². The highest BCUT2D eigenvalue weighted by atomic mass is 19.1. The molecule has 1 aliphatic rings. The van der Waals surface area contributed by atoms with Crippen LogP contribution in [-0.4, -0.2) is 52.9 Å². The third-order valence-corrected chi connectivity index (χ3v) is 5.37. The fourth-order valence-electron chi connectivity index (χ4n) is 3.61. The van der Waals surface area contributed by atoms with E-state index in [-0.39, 0.29) is 30.5 Å². The van der Waals surface area contributed by atoms with Crippen LogP contribution >= 0.6 is 0 Å². The molecular formula is C24H24FN5O2. The topological polar surface area (TPSA) is 78.4 Å². The zero-order valence-electron chi connectivity index (χ0n) is 17.6. The Bertz CT molecular complexity index is 1070. The van der Waals surface area contributed by atoms with Crippen LogP contribution in [0.1, 0.15) is 12.8 Å². The lowest BCUT2D eigenvalue weighted by Gasteiger charge is -2.35. The molecule has 1 N–H and O–H groups in total. The molecule has 7 nitrogen and oxygen atoms in total. The molecule has 0 aliphatic carbocycles. The average Bonchev–Trinajstić information content (AvgIpc) is 2.85. The van der Waals surface area contributed by atoms with Gasteiger partial charge in [0, 0.05) is 56.3 Å². The Kier molecular flexibility index (Phi) is 6.69. The Morgan fingerprint density at radius 1 is 0.906 bits per heavy atom. The Hall–Kier alpha value is -3.81. The summed E-state index contributed by atoms with van der Waals surface area (Å²) in [7, 11) is 0. The molecule has 2 aromatic carbocycles. The van der Waals surface area contributed by atoms with E-state index in [1.165, 1.54) is 24.3 Å². The molecule has 1 aliphatic heterocycles. The standard InChI is InChI=1S/C24H24FN5O2/c25-19-6-8-20(9-7-19)28-23(31)10-11-24(32)30-14-12-29(13-15-30)22-16-21(26-17-27-22)18-4-2-1-3-5-18/h1-9,16-17H,10-15H2,(H,28,31). The molecule has 0 radical (unpaired) electrons. The molecule has 1 saturated heterocycles. The van der Waals surface area contributed by atoms with Crippen molar-refractivity contribution in [2.75, 3.05) is 36.4 Å². The predicted octanol–water partition coefficient (Wildman–Crippen LogP) is 3.35. The van der Waals surface area contributed by atoms with Gasteiger partial charge in [-0.3, -0.25) is 9.59 Å². The number of rotatable bonds is 6. The number of carbonyl (C=O) groups is 2. The first-order valence-corrected chi connectivity index (χ1v) is 10.5. The van der Waals surface area contributed by atoms with Crippen molar-refractivity contribution in [3.63, 3.8) is 0 Å². The molecule has 4 rings (SSSR count). The molecular weight excluding hydrogens is 409 g/mol. The van der Waals surface area contributed by atoms with E-state index in [9.17, 15) is 14.0 Å². The van der Waals surface area contributed by atoms with Crippen LogP contribution in [-0.2, 0) is 9.59 Å². The molecule has 32 heavy (non-hydrogen) atoms. The number of halogens is 1. The Morgan fingerprint density at radius 2 is 1.62 bits per heavy atom. The zero-order valence-corrected chi connectivity index (χ0v) is 17.6. The van der Waals surface area contributed by atoms with Crippen molar-refractivity contribution in [1.82, 2.24) is 14.9 Å². The van der Waals surface area contributed by atoms with Gasteiger partial charge in [0.15, 0.2) is 0 Å². The third-order valence-electron chi connectivity index (χ3n) is 5.37. The van der Waals surface area contributed by atoms with E-state index in [0.29, 0.717) is 31.9 Å². The smallest absolute Gasteiger partial charge is 0.224 e. The van der Waals surface area contributed by atoms with Gasteiger partial charge in [0.05, 0.1) is 5.69 Å². The first-order valence-electron chi connectivity index (χ1n) is 10.5. The average molecular weight is 433 g/mol. The van der Waals surface area contributed by atoms with Gasteiger partial charge in [0.25, 0.3) is 0 Å². The lowest BCUT2D eigenvalue weighted by atomic mass is 10.1. The zero-order chi connectivity index (χ0) is 22.3. The number of hydrogen-bond donors (Lipinski definition) is 1. The maximum absolute atomic E-state index is 12.9. The maximum atomic E-state index is 12.9. The normalized spacial score (nSPS) is 13.7. The molecule has 1 fully saturated rings. The number of nitrogens with zero attached hydrogens (tertiary/aromatic N) is 4. The second-order valence-corrected chi connectivity index (χ2v) is 7.55. The van der Waals surface area contributed by atoms with E-state index in [1.54, 1.807) is 11.2 Å². The minimum Gasteiger partial charge on any atom is -0.353 e. The van der Waals surface area contributed by atoms with Gasteiger partial charge in [-0.25, -0.2) is 14.4 Å². The SMILES string of the molecule is O=C(CCC(=O)N1CCN(c2cc(-c3ccccc3)ncn2)CC1)Nc1ccc(F)cc1. The van der Waals surface area contributed by atoms with Crippen LogP contribution in [0.15, 0.2) is 67.0 Å². The maximum Gasteiger partial charge on any atom is 0.224 e. The Balaban J connectivity index is 1.26. The van der Waals surface area contributed by atoms with Gasteiger partial charge in [-0.1, -0.05) is 30.3 Å². The van der Waals surface area contributed by atoms with E-state index >= 15 is 0 Å². The fourth-order valence-corrected chi connectivity index (χ4v) is 3.61. The summed E-state index contributed by atoms with van der Waals surface area (Å²) < 4.78 is 12.9. The molecule has 2 amide bonds. The molecule has 0 atom stereocenters. The number of nitrogens with one attached hydrogen (secondary N) is 1. The fraction of sp³-hybridized carbons (Fsp3) is 0.250. The predicted molar refractivity (Wildman–Crippen MR) is 121 cm³/mol. The second-order valence-electron chi connectivity index (χ2n) is 7.55. The second kappa shape index (κ2) is 10.00. The van der Waals surface area contributed by atoms with Gasteiger partial charge in [-0.15, -0.1) is 0 Å². The van der Waals surface area contributed by atoms with Gasteiger partial charge in [0.1, 0.15) is 18.0 Å². The largest absolute Gasteiger partial charge is 0.353 e. The summed E-state index contributed by atoms with van der Waals surface area (Å²) in [4.78, 5) is 37.3. The van der Waals surface area contributed by atoms with E-state index in [2.05, 4.69) is 20.2 Å². The van der Waals surface area contributed by atoms with Crippen molar-refractivity contribution < 1.29 is 14.0 Å². The van der Waals surface area contributed by atoms with Gasteiger partial charge in [0.2, 0.25) is 11.8 Å². The van der Waals surface area contributed by atoms with Crippen LogP contribution in [0.5, 0.6) is 0 Å². The molecule has 1 aromatic heterocycles. The summed E-state index contributed by atoms with van der Waals surface area (Å²) in [6.07, 6.45) is 1.79. The van der Waals surface area contributed by atoms with Gasteiger partial charge >= 0.3 is 0 Å². The third kappa shape index (κ3) is 5.46. The molecule has 8 heteroatoms. The van der Waals surface area contributed by atoms with E-state index in [1.807, 2.05) is 36.4 Å². The molecule has 0 saturated carbocycles. The number of carbonyl (C=O) groups excluding carboxylic acids is 2. The van der Waals surface area contributed by atoms with Gasteiger partial charge in [-0.2, -0.15) is 0 Å². The highest BCUT2D eigenvalue weighted by Crippen LogP contribution is 2.21. The first-order chi connectivity index (χ1) is 15.6. The summed E-state index contributed by atoms with van der Waals surface area (Å²) in [6.45, 7) is 2.48. The Labute approximate surface area is 185 Å². The number of anilines is 2. The lowest BCUT2D eigenvalue weighted by Crippen LogP contribution is -2.49. The van der Waals surface area contributed by atoms with Crippen molar-refractivity contribution in [3.8, 4) is 11.3 Å². The van der Waals surface area contributed by atoms with E-state index in [4.69, 9.17) is 0 Å². The minimum absolute atomic E-state index is 0.0495. The number of benzene rings is 2. The molecule has 0 spiro atoms. The van der Waals surface area contributed by atoms with Crippen LogP contribution in [0.4, 0.5) is 15.9 Å². The van der Waals surface area contributed by atoms with Crippen LogP contribution in [0.25, 0.3) is 11.3 Å². The molecule has 0 unspecified atom stereocenters. The number of piperazine rings is 1. The van der Waals surface area contributed by atoms with Gasteiger partial charge in [-0.05, 0) is 24.3 Å². The van der Waals surface area contributed by atoms with Crippen LogP contribution in [0.3, 0.4) is 0 Å². The summed E-state index contributed by atoms with van der Waals surface area (Å²) >= 11 is 0. The van der Waals surface area contributed by atoms with Crippen LogP contribution in [0, 0.1) is 5.82 Å². The Morgan fingerprint density at radius 3 is 2.34 bits per heavy atom. The number of amides is 2. The summed E-state index contributed by atoms with van der Waals surface area (Å²) in [6, 6.07) is 17.4. The highest BCUT2D eigenvalue weighted by molar-refractivity contribution is 5.93. The number of aromatic nitrogens is 2. The van der Waals surface area contributed by atoms with Crippen molar-refractivity contribution in [1.29, 1.82) is 0 Å². The minimum atomic E-state index is -0.365. The molecule has 3 aromatic rings. The van der Waals surface area contributed by atoms with Crippen LogP contribution in [0.2, 0.25) is 0 Å². The quantitative estimate of drug-likeness (QED) is 0.645. The number of hydrogen-bond acceptors (Lipinski definition) is 5. The lowest BCUT2D eigenvalue weighted by molar-refractivity contribution is -0.133. The molecule has 0 bridgehead atoms. The highest BCUT2D eigenvalue weighted by Gasteiger charge is 2.22. The monoisotopic (exact) mass is 433 g/mol. The molecule has 164 valence electrons.